The molecule has 0 atom stereocenters. The number of ketones is 1. The third kappa shape index (κ3) is 4.14. The number of benzene rings is 1. The molecule has 0 saturated heterocycles. The lowest BCUT2D eigenvalue weighted by molar-refractivity contribution is -0.123. The van der Waals surface area contributed by atoms with Crippen LogP contribution in [0.4, 0.5) is 0 Å². The highest BCUT2D eigenvalue weighted by molar-refractivity contribution is 6.03. The molecule has 8 nitrogen and oxygen atoms in total. The van der Waals surface area contributed by atoms with E-state index in [2.05, 4.69) is 10.4 Å². The molecule has 138 valence electrons. The largest absolute Gasteiger partial charge is 0.507 e. The fraction of sp³-hybridized carbons (Fsp3) is 0.389. The predicted molar refractivity (Wildman–Crippen MR) is 92.5 cm³/mol. The summed E-state index contributed by atoms with van der Waals surface area (Å²) in [6.07, 6.45) is 3.66. The molecule has 0 bridgehead atoms. The van der Waals surface area contributed by atoms with Crippen molar-refractivity contribution in [2.45, 2.75) is 32.4 Å². The fourth-order valence-electron chi connectivity index (χ4n) is 2.77. The average molecular weight is 359 g/mol. The molecule has 3 rings (SSSR count). The van der Waals surface area contributed by atoms with E-state index in [1.54, 1.807) is 30.9 Å². The van der Waals surface area contributed by atoms with Crippen LogP contribution in [0.25, 0.3) is 0 Å². The Morgan fingerprint density at radius 1 is 1.46 bits per heavy atom. The Hall–Kier alpha value is -3.03. The van der Waals surface area contributed by atoms with Crippen LogP contribution in [0.5, 0.6) is 17.2 Å². The number of amides is 1. The van der Waals surface area contributed by atoms with E-state index in [9.17, 15) is 14.7 Å². The van der Waals surface area contributed by atoms with Crippen LogP contribution in [0.1, 0.15) is 30.6 Å². The molecule has 0 aliphatic carbocycles. The molecule has 2 aromatic rings. The van der Waals surface area contributed by atoms with Crippen LogP contribution < -0.4 is 14.8 Å². The monoisotopic (exact) mass is 359 g/mol. The van der Waals surface area contributed by atoms with Gasteiger partial charge in [0.2, 0.25) is 0 Å². The first-order valence-electron chi connectivity index (χ1n) is 8.30. The van der Waals surface area contributed by atoms with Crippen LogP contribution in [-0.4, -0.2) is 45.3 Å². The molecule has 0 radical (unpaired) electrons. The summed E-state index contributed by atoms with van der Waals surface area (Å²) < 4.78 is 12.9. The minimum Gasteiger partial charge on any atom is -0.507 e. The lowest BCUT2D eigenvalue weighted by Gasteiger charge is -2.32. The zero-order chi connectivity index (χ0) is 18.7. The van der Waals surface area contributed by atoms with Crippen molar-refractivity contribution < 1.29 is 24.2 Å². The number of phenols is 1. The quantitative estimate of drug-likeness (QED) is 0.811. The third-order valence-corrected chi connectivity index (χ3v) is 3.90. The molecular weight excluding hydrogens is 338 g/mol. The first-order chi connectivity index (χ1) is 12.3. The number of aromatic nitrogens is 2. The Kier molecular flexibility index (Phi) is 4.83. The summed E-state index contributed by atoms with van der Waals surface area (Å²) in [5, 5.41) is 16.9. The highest BCUT2D eigenvalue weighted by Gasteiger charge is 2.34. The van der Waals surface area contributed by atoms with Gasteiger partial charge >= 0.3 is 0 Å². The van der Waals surface area contributed by atoms with Gasteiger partial charge in [0.05, 0.1) is 13.0 Å². The number of hydrogen-bond acceptors (Lipinski definition) is 6. The second-order valence-corrected chi connectivity index (χ2v) is 6.69. The second kappa shape index (κ2) is 7.07. The van der Waals surface area contributed by atoms with E-state index in [1.807, 2.05) is 6.07 Å². The molecule has 26 heavy (non-hydrogen) atoms. The van der Waals surface area contributed by atoms with E-state index < -0.39 is 5.60 Å². The fourth-order valence-corrected chi connectivity index (χ4v) is 2.77. The van der Waals surface area contributed by atoms with Crippen molar-refractivity contribution in [1.29, 1.82) is 0 Å². The molecule has 0 unspecified atom stereocenters. The molecule has 1 aliphatic heterocycles. The van der Waals surface area contributed by atoms with Gasteiger partial charge in [-0.2, -0.15) is 5.10 Å². The zero-order valence-electron chi connectivity index (χ0n) is 14.7. The zero-order valence-corrected chi connectivity index (χ0v) is 14.7. The number of Topliss-reactive ketones (excluding diaryl/α,β-unsaturated/α-hetero) is 1. The number of phenolic OH excluding ortho intramolecular Hbond substituents is 1. The van der Waals surface area contributed by atoms with Gasteiger partial charge in [-0.15, -0.1) is 0 Å². The van der Waals surface area contributed by atoms with Crippen molar-refractivity contribution in [1.82, 2.24) is 15.1 Å². The van der Waals surface area contributed by atoms with Crippen molar-refractivity contribution in [2.24, 2.45) is 0 Å². The van der Waals surface area contributed by atoms with E-state index in [1.165, 1.54) is 12.1 Å². The van der Waals surface area contributed by atoms with Crippen molar-refractivity contribution in [3.63, 3.8) is 0 Å². The lowest BCUT2D eigenvalue weighted by Crippen LogP contribution is -2.36. The average Bonchev–Trinajstić information content (AvgIpc) is 3.04. The van der Waals surface area contributed by atoms with Gasteiger partial charge in [-0.05, 0) is 19.9 Å². The normalized spacial score (nSPS) is 15.1. The van der Waals surface area contributed by atoms with Gasteiger partial charge in [-0.3, -0.25) is 14.3 Å². The maximum absolute atomic E-state index is 12.2. The van der Waals surface area contributed by atoms with Gasteiger partial charge in [-0.25, -0.2) is 0 Å². The number of carbonyl (C=O) groups is 2. The molecule has 0 saturated carbocycles. The van der Waals surface area contributed by atoms with E-state index in [0.717, 1.165) is 0 Å². The highest BCUT2D eigenvalue weighted by Crippen LogP contribution is 2.40. The van der Waals surface area contributed by atoms with Crippen LogP contribution in [0.2, 0.25) is 0 Å². The van der Waals surface area contributed by atoms with Crippen molar-refractivity contribution in [3.05, 3.63) is 36.2 Å². The lowest BCUT2D eigenvalue weighted by atomic mass is 9.92. The molecule has 1 aromatic carbocycles. The number of fused-ring (bicyclic) bond motifs is 1. The van der Waals surface area contributed by atoms with Gasteiger partial charge in [0.1, 0.15) is 28.4 Å². The third-order valence-electron chi connectivity index (χ3n) is 3.90. The molecule has 2 heterocycles. The Labute approximate surface area is 150 Å². The second-order valence-electron chi connectivity index (χ2n) is 6.69. The van der Waals surface area contributed by atoms with Gasteiger partial charge in [-0.1, -0.05) is 0 Å². The number of carbonyl (C=O) groups excluding carboxylic acids is 2. The molecule has 0 spiro atoms. The van der Waals surface area contributed by atoms with Gasteiger partial charge < -0.3 is 19.9 Å². The minimum absolute atomic E-state index is 0.153. The molecule has 1 amide bonds. The van der Waals surface area contributed by atoms with Crippen LogP contribution in [0.15, 0.2) is 30.6 Å². The van der Waals surface area contributed by atoms with E-state index in [4.69, 9.17) is 9.47 Å². The first-order valence-corrected chi connectivity index (χ1v) is 8.30. The SMILES string of the molecule is CC1(C)CC(=O)c2c(O)cc(OCC(=O)NCCn3cccn3)cc2O1. The van der Waals surface area contributed by atoms with Gasteiger partial charge in [0, 0.05) is 31.1 Å². The van der Waals surface area contributed by atoms with Crippen LogP contribution in [0.3, 0.4) is 0 Å². The molecule has 1 aliphatic rings. The molecule has 1 aromatic heterocycles. The number of nitrogens with one attached hydrogen (secondary N) is 1. The Morgan fingerprint density at radius 2 is 2.27 bits per heavy atom. The summed E-state index contributed by atoms with van der Waals surface area (Å²) >= 11 is 0. The number of ether oxygens (including phenoxy) is 2. The summed E-state index contributed by atoms with van der Waals surface area (Å²) in [6.45, 7) is 4.36. The van der Waals surface area contributed by atoms with Crippen LogP contribution in [0, 0.1) is 0 Å². The maximum Gasteiger partial charge on any atom is 0.258 e. The molecule has 2 N–H and O–H groups in total. The number of aromatic hydroxyl groups is 1. The maximum atomic E-state index is 12.2. The van der Waals surface area contributed by atoms with Gasteiger partial charge in [0.25, 0.3) is 5.91 Å². The van der Waals surface area contributed by atoms with Crippen molar-refractivity contribution >= 4 is 11.7 Å². The summed E-state index contributed by atoms with van der Waals surface area (Å²) in [6, 6.07) is 4.64. The Morgan fingerprint density at radius 3 is 3.00 bits per heavy atom. The number of hydrogen-bond donors (Lipinski definition) is 2. The van der Waals surface area contributed by atoms with Crippen LogP contribution in [-0.2, 0) is 11.3 Å². The standard InChI is InChI=1S/C18H21N3O5/c1-18(2)10-14(23)17-13(22)8-12(9-15(17)26-18)25-11-16(24)19-5-7-21-6-3-4-20-21/h3-4,6,8-9,22H,5,7,10-11H2,1-2H3,(H,19,24). The molecule has 8 heteroatoms. The first kappa shape index (κ1) is 17.8. The summed E-state index contributed by atoms with van der Waals surface area (Å²) in [5.74, 6) is -0.172. The van der Waals surface area contributed by atoms with E-state index >= 15 is 0 Å². The van der Waals surface area contributed by atoms with E-state index in [-0.39, 0.29) is 47.5 Å². The Balaban J connectivity index is 1.57. The van der Waals surface area contributed by atoms with Crippen molar-refractivity contribution in [3.8, 4) is 17.2 Å². The minimum atomic E-state index is -0.654. The number of rotatable bonds is 6. The van der Waals surface area contributed by atoms with Crippen LogP contribution >= 0.6 is 0 Å². The summed E-state index contributed by atoms with van der Waals surface area (Å²) in [7, 11) is 0. The Bertz CT molecular complexity index is 814. The van der Waals surface area contributed by atoms with E-state index in [0.29, 0.717) is 13.1 Å². The molecular formula is C18H21N3O5. The smallest absolute Gasteiger partial charge is 0.258 e. The summed E-state index contributed by atoms with van der Waals surface area (Å²) in [4.78, 5) is 24.0. The topological polar surface area (TPSA) is 103 Å². The summed E-state index contributed by atoms with van der Waals surface area (Å²) in [5.41, 5.74) is -0.501. The molecule has 0 fully saturated rings. The highest BCUT2D eigenvalue weighted by atomic mass is 16.5. The van der Waals surface area contributed by atoms with Gasteiger partial charge in [0.15, 0.2) is 12.4 Å². The number of nitrogens with zero attached hydrogens (tertiary/aromatic N) is 2. The van der Waals surface area contributed by atoms with Crippen molar-refractivity contribution in [2.75, 3.05) is 13.2 Å². The predicted octanol–water partition coefficient (Wildman–Crippen LogP) is 1.53.